The van der Waals surface area contributed by atoms with Crippen LogP contribution in [0.25, 0.3) is 0 Å². The molecule has 1 heterocycles. The maximum atomic E-state index is 13.5. The van der Waals surface area contributed by atoms with Crippen LogP contribution in [0.1, 0.15) is 31.9 Å². The van der Waals surface area contributed by atoms with Crippen molar-refractivity contribution in [2.45, 2.75) is 36.8 Å². The molecule has 0 saturated carbocycles. The second kappa shape index (κ2) is 7.66. The van der Waals surface area contributed by atoms with Gasteiger partial charge in [0, 0.05) is 28.0 Å². The molecule has 0 aliphatic carbocycles. The van der Waals surface area contributed by atoms with Crippen LogP contribution in [-0.2, 0) is 0 Å². The Kier molecular flexibility index (Phi) is 6.18. The number of hydrogen-bond acceptors (Lipinski definition) is 3. The van der Waals surface area contributed by atoms with E-state index in [1.165, 1.54) is 17.9 Å². The molecule has 0 radical (unpaired) electrons. The standard InChI is InChI=1S/C15H21F2NS2/c1-3-6-18-14(15-10(2)19-7-8-20-15)11-4-5-12(16)13(17)9-11/h4-5,9-10,14-15,18H,3,6-8H2,1-2H3. The maximum Gasteiger partial charge on any atom is 0.159 e. The van der Waals surface area contributed by atoms with Gasteiger partial charge in [-0.05, 0) is 30.7 Å². The molecule has 1 aliphatic rings. The average Bonchev–Trinajstić information content (AvgIpc) is 2.44. The van der Waals surface area contributed by atoms with Crippen LogP contribution in [0.15, 0.2) is 18.2 Å². The molecule has 1 aromatic carbocycles. The first-order valence-corrected chi connectivity index (χ1v) is 9.14. The predicted octanol–water partition coefficient (Wildman–Crippen LogP) is 4.24. The molecule has 112 valence electrons. The molecule has 5 heteroatoms. The van der Waals surface area contributed by atoms with Gasteiger partial charge in [0.1, 0.15) is 0 Å². The maximum absolute atomic E-state index is 13.5. The highest BCUT2D eigenvalue weighted by Crippen LogP contribution is 2.38. The third-order valence-corrected chi connectivity index (χ3v) is 6.68. The van der Waals surface area contributed by atoms with Crippen molar-refractivity contribution in [2.24, 2.45) is 0 Å². The van der Waals surface area contributed by atoms with E-state index in [0.29, 0.717) is 10.5 Å². The number of halogens is 2. The number of thioether (sulfide) groups is 2. The zero-order valence-electron chi connectivity index (χ0n) is 11.9. The first-order valence-electron chi connectivity index (χ1n) is 7.05. The molecule has 20 heavy (non-hydrogen) atoms. The van der Waals surface area contributed by atoms with E-state index in [1.54, 1.807) is 6.07 Å². The Morgan fingerprint density at radius 1 is 1.25 bits per heavy atom. The van der Waals surface area contributed by atoms with E-state index in [4.69, 9.17) is 0 Å². The topological polar surface area (TPSA) is 12.0 Å². The number of nitrogens with one attached hydrogen (secondary N) is 1. The Hall–Kier alpha value is -0.260. The smallest absolute Gasteiger partial charge is 0.159 e. The Morgan fingerprint density at radius 3 is 2.65 bits per heavy atom. The molecule has 0 bridgehead atoms. The van der Waals surface area contributed by atoms with Gasteiger partial charge in [-0.25, -0.2) is 8.78 Å². The van der Waals surface area contributed by atoms with Gasteiger partial charge in [-0.15, -0.1) is 0 Å². The first-order chi connectivity index (χ1) is 9.63. The second-order valence-electron chi connectivity index (χ2n) is 5.02. The summed E-state index contributed by atoms with van der Waals surface area (Å²) in [5.41, 5.74) is 0.851. The summed E-state index contributed by atoms with van der Waals surface area (Å²) < 4.78 is 26.6. The van der Waals surface area contributed by atoms with E-state index < -0.39 is 11.6 Å². The summed E-state index contributed by atoms with van der Waals surface area (Å²) in [5, 5.41) is 4.41. The van der Waals surface area contributed by atoms with Crippen molar-refractivity contribution in [2.75, 3.05) is 18.1 Å². The first kappa shape index (κ1) is 16.1. The molecule has 2 rings (SSSR count). The Labute approximate surface area is 128 Å². The molecule has 1 N–H and O–H groups in total. The Bertz CT molecular complexity index is 442. The van der Waals surface area contributed by atoms with E-state index >= 15 is 0 Å². The molecule has 1 aliphatic heterocycles. The zero-order chi connectivity index (χ0) is 14.5. The van der Waals surface area contributed by atoms with Crippen molar-refractivity contribution >= 4 is 23.5 Å². The fraction of sp³-hybridized carbons (Fsp3) is 0.600. The summed E-state index contributed by atoms with van der Waals surface area (Å²) >= 11 is 3.90. The summed E-state index contributed by atoms with van der Waals surface area (Å²) in [4.78, 5) is 0. The normalized spacial score (nSPS) is 24.6. The average molecular weight is 317 g/mol. The van der Waals surface area contributed by atoms with E-state index in [9.17, 15) is 8.78 Å². The van der Waals surface area contributed by atoms with E-state index in [2.05, 4.69) is 19.2 Å². The molecule has 0 spiro atoms. The van der Waals surface area contributed by atoms with Gasteiger partial charge in [0.15, 0.2) is 11.6 Å². The number of benzene rings is 1. The van der Waals surface area contributed by atoms with Crippen LogP contribution >= 0.6 is 23.5 Å². The fourth-order valence-corrected chi connectivity index (χ4v) is 5.39. The van der Waals surface area contributed by atoms with Gasteiger partial charge in [0.05, 0.1) is 0 Å². The van der Waals surface area contributed by atoms with Crippen molar-refractivity contribution in [1.29, 1.82) is 0 Å². The molecule has 1 nitrogen and oxygen atoms in total. The summed E-state index contributed by atoms with van der Waals surface area (Å²) in [6.45, 7) is 5.22. The van der Waals surface area contributed by atoms with Crippen LogP contribution in [0.5, 0.6) is 0 Å². The lowest BCUT2D eigenvalue weighted by molar-refractivity contribution is 0.486. The lowest BCUT2D eigenvalue weighted by Gasteiger charge is -2.35. The van der Waals surface area contributed by atoms with Crippen molar-refractivity contribution in [1.82, 2.24) is 5.32 Å². The van der Waals surface area contributed by atoms with Gasteiger partial charge in [0.25, 0.3) is 0 Å². The van der Waals surface area contributed by atoms with Crippen LogP contribution in [-0.4, -0.2) is 28.6 Å². The van der Waals surface area contributed by atoms with Crippen LogP contribution in [0.4, 0.5) is 8.78 Å². The molecule has 0 aromatic heterocycles. The van der Waals surface area contributed by atoms with Crippen molar-refractivity contribution < 1.29 is 8.78 Å². The molecule has 1 saturated heterocycles. The third kappa shape index (κ3) is 3.89. The summed E-state index contributed by atoms with van der Waals surface area (Å²) in [5.74, 6) is 0.752. The summed E-state index contributed by atoms with van der Waals surface area (Å²) in [6.07, 6.45) is 1.03. The molecular formula is C15H21F2NS2. The number of rotatable bonds is 5. The van der Waals surface area contributed by atoms with Crippen molar-refractivity contribution in [3.05, 3.63) is 35.4 Å². The number of hydrogen-bond donors (Lipinski definition) is 1. The minimum Gasteiger partial charge on any atom is -0.309 e. The van der Waals surface area contributed by atoms with E-state index in [0.717, 1.165) is 24.3 Å². The quantitative estimate of drug-likeness (QED) is 0.872. The Morgan fingerprint density at radius 2 is 2.00 bits per heavy atom. The Balaban J connectivity index is 2.23. The van der Waals surface area contributed by atoms with Crippen molar-refractivity contribution in [3.63, 3.8) is 0 Å². The highest BCUT2D eigenvalue weighted by atomic mass is 32.2. The van der Waals surface area contributed by atoms with Gasteiger partial charge < -0.3 is 5.32 Å². The molecule has 3 unspecified atom stereocenters. The SMILES string of the molecule is CCCNC(c1ccc(F)c(F)c1)C1SCCSC1C. The molecular weight excluding hydrogens is 296 g/mol. The van der Waals surface area contributed by atoms with Crippen LogP contribution < -0.4 is 5.32 Å². The van der Waals surface area contributed by atoms with Crippen LogP contribution in [0, 0.1) is 11.6 Å². The van der Waals surface area contributed by atoms with Crippen LogP contribution in [0.2, 0.25) is 0 Å². The van der Waals surface area contributed by atoms with E-state index in [1.807, 2.05) is 23.5 Å². The molecule has 1 aromatic rings. The highest BCUT2D eigenvalue weighted by Gasteiger charge is 2.31. The highest BCUT2D eigenvalue weighted by molar-refractivity contribution is 8.07. The minimum absolute atomic E-state index is 0.0813. The lowest BCUT2D eigenvalue weighted by Crippen LogP contribution is -2.38. The van der Waals surface area contributed by atoms with Crippen molar-refractivity contribution in [3.8, 4) is 0 Å². The van der Waals surface area contributed by atoms with Gasteiger partial charge in [0.2, 0.25) is 0 Å². The molecule has 0 amide bonds. The minimum atomic E-state index is -0.776. The van der Waals surface area contributed by atoms with Gasteiger partial charge in [-0.3, -0.25) is 0 Å². The second-order valence-corrected chi connectivity index (χ2v) is 7.79. The molecule has 1 fully saturated rings. The monoisotopic (exact) mass is 317 g/mol. The zero-order valence-corrected chi connectivity index (χ0v) is 13.5. The van der Waals surface area contributed by atoms with Gasteiger partial charge in [-0.2, -0.15) is 23.5 Å². The predicted molar refractivity (Wildman–Crippen MR) is 85.6 cm³/mol. The largest absolute Gasteiger partial charge is 0.309 e. The van der Waals surface area contributed by atoms with E-state index in [-0.39, 0.29) is 6.04 Å². The fourth-order valence-electron chi connectivity index (χ4n) is 2.45. The van der Waals surface area contributed by atoms with Gasteiger partial charge in [-0.1, -0.05) is 19.9 Å². The van der Waals surface area contributed by atoms with Crippen LogP contribution in [0.3, 0.4) is 0 Å². The van der Waals surface area contributed by atoms with Gasteiger partial charge >= 0.3 is 0 Å². The molecule has 3 atom stereocenters. The third-order valence-electron chi connectivity index (χ3n) is 3.48. The lowest BCUT2D eigenvalue weighted by atomic mass is 10.0. The summed E-state index contributed by atoms with van der Waals surface area (Å²) in [6, 6.07) is 4.36. The summed E-state index contributed by atoms with van der Waals surface area (Å²) in [7, 11) is 0.